The summed E-state index contributed by atoms with van der Waals surface area (Å²) in [6.07, 6.45) is -0.258. The molecule has 0 saturated carbocycles. The van der Waals surface area contributed by atoms with Gasteiger partial charge < -0.3 is 20.1 Å². The van der Waals surface area contributed by atoms with Gasteiger partial charge in [-0.25, -0.2) is 4.39 Å². The molecule has 0 aromatic heterocycles. The van der Waals surface area contributed by atoms with Gasteiger partial charge in [0.1, 0.15) is 5.82 Å². The summed E-state index contributed by atoms with van der Waals surface area (Å²) in [6.45, 7) is 7.73. The standard InChI is InChI=1S/C16H25FN2O2/c1-11(2)18-7-13-5-4-6-15(17)16(13)19-8-14(9-20)21-10-12(19)3/h4-6,11-12,14,18,20H,7-10H2,1-3H3. The maximum atomic E-state index is 14.4. The molecule has 2 rings (SSSR count). The van der Waals surface area contributed by atoms with Gasteiger partial charge in [0, 0.05) is 25.2 Å². The first-order valence-electron chi connectivity index (χ1n) is 7.52. The predicted molar refractivity (Wildman–Crippen MR) is 82.0 cm³/mol. The van der Waals surface area contributed by atoms with Crippen LogP contribution in [0.25, 0.3) is 0 Å². The molecule has 4 nitrogen and oxygen atoms in total. The third-order valence-corrected chi connectivity index (χ3v) is 3.77. The molecule has 1 heterocycles. The normalized spacial score (nSPS) is 22.9. The van der Waals surface area contributed by atoms with Crippen LogP contribution in [-0.2, 0) is 11.3 Å². The van der Waals surface area contributed by atoms with Crippen molar-refractivity contribution in [3.05, 3.63) is 29.6 Å². The Balaban J connectivity index is 2.27. The van der Waals surface area contributed by atoms with Crippen LogP contribution in [0.4, 0.5) is 10.1 Å². The monoisotopic (exact) mass is 296 g/mol. The van der Waals surface area contributed by atoms with E-state index >= 15 is 0 Å². The second-order valence-electron chi connectivity index (χ2n) is 5.92. The Morgan fingerprint density at radius 2 is 2.24 bits per heavy atom. The number of halogens is 1. The lowest BCUT2D eigenvalue weighted by Gasteiger charge is -2.40. The van der Waals surface area contributed by atoms with Gasteiger partial charge in [0.25, 0.3) is 0 Å². The van der Waals surface area contributed by atoms with Crippen molar-refractivity contribution in [2.45, 2.75) is 45.5 Å². The summed E-state index contributed by atoms with van der Waals surface area (Å²) in [5.74, 6) is -0.219. The molecule has 1 aliphatic rings. The Morgan fingerprint density at radius 1 is 1.48 bits per heavy atom. The van der Waals surface area contributed by atoms with E-state index in [-0.39, 0.29) is 24.6 Å². The second-order valence-corrected chi connectivity index (χ2v) is 5.92. The van der Waals surface area contributed by atoms with E-state index in [1.165, 1.54) is 6.07 Å². The van der Waals surface area contributed by atoms with E-state index < -0.39 is 0 Å². The van der Waals surface area contributed by atoms with Gasteiger partial charge in [-0.05, 0) is 18.6 Å². The summed E-state index contributed by atoms with van der Waals surface area (Å²) < 4.78 is 19.9. The summed E-state index contributed by atoms with van der Waals surface area (Å²) in [5, 5.41) is 12.6. The van der Waals surface area contributed by atoms with Crippen LogP contribution >= 0.6 is 0 Å². The van der Waals surface area contributed by atoms with Crippen LogP contribution in [0.3, 0.4) is 0 Å². The number of hydrogen-bond donors (Lipinski definition) is 2. The molecule has 1 fully saturated rings. The van der Waals surface area contributed by atoms with E-state index in [4.69, 9.17) is 4.74 Å². The number of morpholine rings is 1. The molecule has 0 aliphatic carbocycles. The summed E-state index contributed by atoms with van der Waals surface area (Å²) >= 11 is 0. The van der Waals surface area contributed by atoms with Gasteiger partial charge in [-0.1, -0.05) is 26.0 Å². The Labute approximate surface area is 125 Å². The quantitative estimate of drug-likeness (QED) is 0.871. The lowest BCUT2D eigenvalue weighted by molar-refractivity contribution is -0.0105. The van der Waals surface area contributed by atoms with Crippen molar-refractivity contribution in [1.82, 2.24) is 5.32 Å². The zero-order chi connectivity index (χ0) is 15.4. The minimum absolute atomic E-state index is 0.0444. The van der Waals surface area contributed by atoms with Crippen molar-refractivity contribution in [3.8, 4) is 0 Å². The van der Waals surface area contributed by atoms with Gasteiger partial charge in [-0.3, -0.25) is 0 Å². The van der Waals surface area contributed by atoms with Gasteiger partial charge in [0.2, 0.25) is 0 Å². The fraction of sp³-hybridized carbons (Fsp3) is 0.625. The largest absolute Gasteiger partial charge is 0.394 e. The number of anilines is 1. The molecule has 1 aliphatic heterocycles. The van der Waals surface area contributed by atoms with Crippen LogP contribution in [0.1, 0.15) is 26.3 Å². The number of aliphatic hydroxyl groups is 1. The Bertz CT molecular complexity index is 468. The van der Waals surface area contributed by atoms with Crippen molar-refractivity contribution in [1.29, 1.82) is 0 Å². The van der Waals surface area contributed by atoms with Crippen LogP contribution in [0.2, 0.25) is 0 Å². The molecule has 0 radical (unpaired) electrons. The maximum absolute atomic E-state index is 14.4. The summed E-state index contributed by atoms with van der Waals surface area (Å²) in [5.41, 5.74) is 1.56. The highest BCUT2D eigenvalue weighted by atomic mass is 19.1. The summed E-state index contributed by atoms with van der Waals surface area (Å²) in [7, 11) is 0. The van der Waals surface area contributed by atoms with Gasteiger partial charge in [-0.2, -0.15) is 0 Å². The summed E-state index contributed by atoms with van der Waals surface area (Å²) in [4.78, 5) is 2.01. The molecule has 21 heavy (non-hydrogen) atoms. The molecule has 1 aromatic rings. The lowest BCUT2D eigenvalue weighted by atomic mass is 10.1. The van der Waals surface area contributed by atoms with Crippen molar-refractivity contribution in [3.63, 3.8) is 0 Å². The minimum atomic E-state index is -0.258. The van der Waals surface area contributed by atoms with E-state index in [2.05, 4.69) is 19.2 Å². The smallest absolute Gasteiger partial charge is 0.146 e. The number of ether oxygens (including phenoxy) is 1. The molecule has 118 valence electrons. The topological polar surface area (TPSA) is 44.7 Å². The zero-order valence-electron chi connectivity index (χ0n) is 13.0. The lowest BCUT2D eigenvalue weighted by Crippen LogP contribution is -2.50. The maximum Gasteiger partial charge on any atom is 0.146 e. The Kier molecular flexibility index (Phi) is 5.56. The van der Waals surface area contributed by atoms with Crippen molar-refractivity contribution < 1.29 is 14.2 Å². The molecule has 1 saturated heterocycles. The fourth-order valence-electron chi connectivity index (χ4n) is 2.58. The first-order chi connectivity index (χ1) is 10.0. The Hall–Kier alpha value is -1.17. The SMILES string of the molecule is CC(C)NCc1cccc(F)c1N1CC(CO)OCC1C. The number of para-hydroxylation sites is 1. The first-order valence-corrected chi connectivity index (χ1v) is 7.52. The van der Waals surface area contributed by atoms with Crippen molar-refractivity contribution >= 4 is 5.69 Å². The number of rotatable bonds is 5. The van der Waals surface area contributed by atoms with Gasteiger partial charge in [0.05, 0.1) is 25.0 Å². The number of hydrogen-bond acceptors (Lipinski definition) is 4. The van der Waals surface area contributed by atoms with Crippen molar-refractivity contribution in [2.24, 2.45) is 0 Å². The van der Waals surface area contributed by atoms with E-state index in [1.807, 2.05) is 17.9 Å². The average molecular weight is 296 g/mol. The molecule has 2 N–H and O–H groups in total. The van der Waals surface area contributed by atoms with Crippen LogP contribution in [0, 0.1) is 5.82 Å². The molecule has 2 unspecified atom stereocenters. The zero-order valence-corrected chi connectivity index (χ0v) is 13.0. The second kappa shape index (κ2) is 7.20. The molecule has 0 bridgehead atoms. The molecule has 1 aromatic carbocycles. The summed E-state index contributed by atoms with van der Waals surface area (Å²) in [6, 6.07) is 5.61. The molecule has 0 amide bonds. The number of nitrogens with one attached hydrogen (secondary N) is 1. The number of aliphatic hydroxyl groups excluding tert-OH is 1. The molecular weight excluding hydrogens is 271 g/mol. The van der Waals surface area contributed by atoms with E-state index in [9.17, 15) is 9.50 Å². The van der Waals surface area contributed by atoms with Crippen LogP contribution < -0.4 is 10.2 Å². The molecule has 0 spiro atoms. The van der Waals surface area contributed by atoms with Gasteiger partial charge in [-0.15, -0.1) is 0 Å². The molecule has 2 atom stereocenters. The van der Waals surface area contributed by atoms with E-state index in [1.54, 1.807) is 6.07 Å². The highest BCUT2D eigenvalue weighted by Crippen LogP contribution is 2.29. The first kappa shape index (κ1) is 16.2. The third kappa shape index (κ3) is 3.93. The highest BCUT2D eigenvalue weighted by Gasteiger charge is 2.29. The van der Waals surface area contributed by atoms with Crippen LogP contribution in [-0.4, -0.2) is 43.1 Å². The molecule has 5 heteroatoms. The van der Waals surface area contributed by atoms with E-state index in [0.717, 1.165) is 5.56 Å². The minimum Gasteiger partial charge on any atom is -0.394 e. The van der Waals surface area contributed by atoms with Gasteiger partial charge >= 0.3 is 0 Å². The third-order valence-electron chi connectivity index (χ3n) is 3.77. The molecular formula is C16H25FN2O2. The average Bonchev–Trinajstić information content (AvgIpc) is 2.46. The van der Waals surface area contributed by atoms with Crippen LogP contribution in [0.5, 0.6) is 0 Å². The van der Waals surface area contributed by atoms with Crippen LogP contribution in [0.15, 0.2) is 18.2 Å². The highest BCUT2D eigenvalue weighted by molar-refractivity contribution is 5.56. The van der Waals surface area contributed by atoms with E-state index in [0.29, 0.717) is 31.4 Å². The fourth-order valence-corrected chi connectivity index (χ4v) is 2.58. The van der Waals surface area contributed by atoms with Gasteiger partial charge in [0.15, 0.2) is 0 Å². The Morgan fingerprint density at radius 3 is 2.90 bits per heavy atom. The predicted octanol–water partition coefficient (Wildman–Crippen LogP) is 1.91. The van der Waals surface area contributed by atoms with Crippen molar-refractivity contribution in [2.75, 3.05) is 24.7 Å². The number of benzene rings is 1. The number of nitrogens with zero attached hydrogens (tertiary/aromatic N) is 1.